The molecule has 1 aromatic rings. The molecule has 10 heteroatoms. The quantitative estimate of drug-likeness (QED) is 0.660. The highest BCUT2D eigenvalue weighted by molar-refractivity contribution is 5.57. The lowest BCUT2D eigenvalue weighted by Crippen LogP contribution is -2.30. The van der Waals surface area contributed by atoms with Crippen LogP contribution in [0.1, 0.15) is 24.7 Å². The van der Waals surface area contributed by atoms with Crippen LogP contribution in [0.2, 0.25) is 0 Å². The number of rotatable bonds is 5. The lowest BCUT2D eigenvalue weighted by Gasteiger charge is -2.17. The predicted molar refractivity (Wildman–Crippen MR) is 63.7 cm³/mol. The molecule has 0 bridgehead atoms. The SMILES string of the molecule is CCCOC(/C=C(\O)c1cnc(C(F)(F)F)nc1)C(F)(F)F. The molecule has 0 amide bonds. The number of nitrogens with zero attached hydrogens (tertiary/aromatic N) is 2. The van der Waals surface area contributed by atoms with Gasteiger partial charge in [-0.2, -0.15) is 26.3 Å². The van der Waals surface area contributed by atoms with E-state index in [1.165, 1.54) is 0 Å². The van der Waals surface area contributed by atoms with Crippen molar-refractivity contribution in [2.45, 2.75) is 31.8 Å². The van der Waals surface area contributed by atoms with Crippen LogP contribution in [0.5, 0.6) is 0 Å². The summed E-state index contributed by atoms with van der Waals surface area (Å²) in [6.45, 7) is 1.40. The molecule has 1 heterocycles. The van der Waals surface area contributed by atoms with Crippen molar-refractivity contribution in [3.63, 3.8) is 0 Å². The van der Waals surface area contributed by atoms with Gasteiger partial charge in [-0.15, -0.1) is 0 Å². The van der Waals surface area contributed by atoms with Gasteiger partial charge in [0.25, 0.3) is 0 Å². The minimum absolute atomic E-state index is 0.197. The molecule has 1 aromatic heterocycles. The molecule has 1 rings (SSSR count). The second-order valence-corrected chi connectivity index (χ2v) is 4.18. The topological polar surface area (TPSA) is 55.2 Å². The second-order valence-electron chi connectivity index (χ2n) is 4.18. The van der Waals surface area contributed by atoms with E-state index in [1.807, 2.05) is 0 Å². The van der Waals surface area contributed by atoms with Gasteiger partial charge >= 0.3 is 12.4 Å². The van der Waals surface area contributed by atoms with E-state index in [0.717, 1.165) is 0 Å². The molecule has 0 saturated carbocycles. The number of hydrogen-bond acceptors (Lipinski definition) is 4. The molecule has 0 radical (unpaired) electrons. The maximum absolute atomic E-state index is 12.7. The van der Waals surface area contributed by atoms with Gasteiger partial charge in [-0.05, 0) is 12.5 Å². The molecule has 1 N–H and O–H groups in total. The van der Waals surface area contributed by atoms with Crippen LogP contribution in [0.25, 0.3) is 5.76 Å². The molecular formula is C12H12F6N2O2. The zero-order valence-corrected chi connectivity index (χ0v) is 11.2. The highest BCUT2D eigenvalue weighted by atomic mass is 19.4. The van der Waals surface area contributed by atoms with Crippen LogP contribution in [-0.4, -0.2) is 34.0 Å². The molecule has 0 spiro atoms. The first kappa shape index (κ1) is 18.2. The number of aromatic nitrogens is 2. The van der Waals surface area contributed by atoms with E-state index in [0.29, 0.717) is 24.9 Å². The molecule has 0 aliphatic rings. The van der Waals surface area contributed by atoms with Crippen molar-refractivity contribution in [3.8, 4) is 0 Å². The van der Waals surface area contributed by atoms with Crippen LogP contribution in [0.4, 0.5) is 26.3 Å². The largest absolute Gasteiger partial charge is 0.507 e. The third-order valence-corrected chi connectivity index (χ3v) is 2.33. The standard InChI is InChI=1S/C12H12F6N2O2/c1-2-3-22-9(11(13,14)15)4-8(21)7-5-19-10(20-6-7)12(16,17)18/h4-6,9,21H,2-3H2,1H3/b8-4-. The minimum atomic E-state index is -4.78. The first-order chi connectivity index (χ1) is 10.1. The Bertz CT molecular complexity index is 510. The Kier molecular flexibility index (Phi) is 5.75. The second kappa shape index (κ2) is 6.95. The average Bonchev–Trinajstić information content (AvgIpc) is 2.41. The highest BCUT2D eigenvalue weighted by Gasteiger charge is 2.39. The average molecular weight is 330 g/mol. The van der Waals surface area contributed by atoms with Crippen LogP contribution < -0.4 is 0 Å². The fraction of sp³-hybridized carbons (Fsp3) is 0.500. The summed E-state index contributed by atoms with van der Waals surface area (Å²) in [4.78, 5) is 5.89. The van der Waals surface area contributed by atoms with E-state index in [1.54, 1.807) is 6.92 Å². The van der Waals surface area contributed by atoms with Crippen molar-refractivity contribution in [3.05, 3.63) is 29.9 Å². The van der Waals surface area contributed by atoms with E-state index in [9.17, 15) is 31.4 Å². The van der Waals surface area contributed by atoms with Crippen molar-refractivity contribution in [1.82, 2.24) is 9.97 Å². The Morgan fingerprint density at radius 2 is 1.77 bits per heavy atom. The fourth-order valence-electron chi connectivity index (χ4n) is 1.33. The Hall–Kier alpha value is -1.84. The van der Waals surface area contributed by atoms with Crippen LogP contribution in [0.3, 0.4) is 0 Å². The number of aliphatic hydroxyl groups is 1. The molecule has 0 aliphatic carbocycles. The van der Waals surface area contributed by atoms with Crippen LogP contribution in [0, 0.1) is 0 Å². The van der Waals surface area contributed by atoms with Crippen LogP contribution in [0.15, 0.2) is 18.5 Å². The summed E-state index contributed by atoms with van der Waals surface area (Å²) >= 11 is 0. The lowest BCUT2D eigenvalue weighted by atomic mass is 10.2. The van der Waals surface area contributed by atoms with E-state index in [-0.39, 0.29) is 12.2 Å². The predicted octanol–water partition coefficient (Wildman–Crippen LogP) is 3.75. The van der Waals surface area contributed by atoms with Gasteiger partial charge in [-0.3, -0.25) is 0 Å². The molecule has 0 aliphatic heterocycles. The van der Waals surface area contributed by atoms with Crippen molar-refractivity contribution in [1.29, 1.82) is 0 Å². The Morgan fingerprint density at radius 3 is 2.18 bits per heavy atom. The van der Waals surface area contributed by atoms with Crippen molar-refractivity contribution < 1.29 is 36.2 Å². The summed E-state index contributed by atoms with van der Waals surface area (Å²) < 4.78 is 79.3. The highest BCUT2D eigenvalue weighted by Crippen LogP contribution is 2.28. The van der Waals surface area contributed by atoms with E-state index in [4.69, 9.17) is 0 Å². The fourth-order valence-corrected chi connectivity index (χ4v) is 1.33. The number of aliphatic hydroxyl groups excluding tert-OH is 1. The number of alkyl halides is 6. The molecule has 1 atom stereocenters. The summed E-state index contributed by atoms with van der Waals surface area (Å²) in [6, 6.07) is 0. The molecular weight excluding hydrogens is 318 g/mol. The van der Waals surface area contributed by atoms with Gasteiger partial charge in [0.15, 0.2) is 6.10 Å². The number of halogens is 6. The van der Waals surface area contributed by atoms with E-state index in [2.05, 4.69) is 14.7 Å². The third kappa shape index (κ3) is 5.17. The van der Waals surface area contributed by atoms with Gasteiger partial charge in [0.05, 0.1) is 5.56 Å². The lowest BCUT2D eigenvalue weighted by molar-refractivity contribution is -0.203. The summed E-state index contributed by atoms with van der Waals surface area (Å²) in [5, 5.41) is 9.57. The summed E-state index contributed by atoms with van der Waals surface area (Å²) in [7, 11) is 0. The third-order valence-electron chi connectivity index (χ3n) is 2.33. The maximum Gasteiger partial charge on any atom is 0.451 e. The molecule has 0 fully saturated rings. The molecule has 1 unspecified atom stereocenters. The molecule has 0 saturated heterocycles. The minimum Gasteiger partial charge on any atom is -0.507 e. The Morgan fingerprint density at radius 1 is 1.23 bits per heavy atom. The van der Waals surface area contributed by atoms with Crippen molar-refractivity contribution in [2.24, 2.45) is 0 Å². The van der Waals surface area contributed by atoms with E-state index >= 15 is 0 Å². The monoisotopic (exact) mass is 330 g/mol. The molecule has 4 nitrogen and oxygen atoms in total. The Balaban J connectivity index is 2.98. The van der Waals surface area contributed by atoms with Gasteiger partial charge in [0.1, 0.15) is 5.76 Å². The van der Waals surface area contributed by atoms with Gasteiger partial charge in [-0.1, -0.05) is 6.92 Å². The first-order valence-electron chi connectivity index (χ1n) is 6.04. The maximum atomic E-state index is 12.7. The number of ether oxygens (including phenoxy) is 1. The summed E-state index contributed by atoms with van der Waals surface area (Å²) in [5.74, 6) is -2.38. The van der Waals surface area contributed by atoms with Crippen molar-refractivity contribution in [2.75, 3.05) is 6.61 Å². The molecule has 22 heavy (non-hydrogen) atoms. The van der Waals surface area contributed by atoms with Gasteiger partial charge < -0.3 is 9.84 Å². The van der Waals surface area contributed by atoms with Crippen molar-refractivity contribution >= 4 is 5.76 Å². The first-order valence-corrected chi connectivity index (χ1v) is 6.04. The zero-order valence-electron chi connectivity index (χ0n) is 11.2. The number of hydrogen-bond donors (Lipinski definition) is 1. The summed E-state index contributed by atoms with van der Waals surface area (Å²) in [5.41, 5.74) is -0.387. The summed E-state index contributed by atoms with van der Waals surface area (Å²) in [6.07, 6.45) is -10.1. The van der Waals surface area contributed by atoms with E-state index < -0.39 is 30.0 Å². The smallest absolute Gasteiger partial charge is 0.451 e. The Labute approximate surface area is 121 Å². The van der Waals surface area contributed by atoms with Crippen LogP contribution in [-0.2, 0) is 10.9 Å². The van der Waals surface area contributed by atoms with Gasteiger partial charge in [0, 0.05) is 19.0 Å². The normalized spacial score (nSPS) is 15.0. The van der Waals surface area contributed by atoms with Crippen LogP contribution >= 0.6 is 0 Å². The van der Waals surface area contributed by atoms with Gasteiger partial charge in [-0.25, -0.2) is 9.97 Å². The van der Waals surface area contributed by atoms with Gasteiger partial charge in [0.2, 0.25) is 5.82 Å². The molecule has 0 aromatic carbocycles. The zero-order chi connectivity index (χ0) is 17.0. The molecule has 124 valence electrons.